The molecule has 0 aliphatic carbocycles. The van der Waals surface area contributed by atoms with Crippen molar-refractivity contribution < 1.29 is 0 Å². The van der Waals surface area contributed by atoms with Gasteiger partial charge in [0.15, 0.2) is 0 Å². The Kier molecular flexibility index (Phi) is 6.11. The van der Waals surface area contributed by atoms with Crippen molar-refractivity contribution in [3.63, 3.8) is 0 Å². The molecule has 1 aliphatic rings. The van der Waals surface area contributed by atoms with E-state index in [1.807, 2.05) is 30.3 Å². The SMILES string of the molecule is N#CCCc1cccc2c1N(Cc1ccc(/C=C/c3ccc4ccc(Cl)cc4n3)cc1)CC2. The zero-order valence-electron chi connectivity index (χ0n) is 18.3. The van der Waals surface area contributed by atoms with Gasteiger partial charge in [0.25, 0.3) is 0 Å². The van der Waals surface area contributed by atoms with Gasteiger partial charge in [-0.25, -0.2) is 4.98 Å². The molecule has 3 aromatic carbocycles. The third-order valence-corrected chi connectivity index (χ3v) is 6.39. The zero-order chi connectivity index (χ0) is 22.6. The van der Waals surface area contributed by atoms with Gasteiger partial charge in [-0.1, -0.05) is 72.3 Å². The summed E-state index contributed by atoms with van der Waals surface area (Å²) in [5, 5.41) is 10.8. The Balaban J connectivity index is 1.29. The summed E-state index contributed by atoms with van der Waals surface area (Å²) < 4.78 is 0. The van der Waals surface area contributed by atoms with E-state index in [-0.39, 0.29) is 0 Å². The first-order chi connectivity index (χ1) is 16.2. The average molecular weight is 450 g/mol. The molecule has 1 aliphatic heterocycles. The Morgan fingerprint density at radius 1 is 1.00 bits per heavy atom. The zero-order valence-corrected chi connectivity index (χ0v) is 19.1. The maximum Gasteiger partial charge on any atom is 0.0724 e. The highest BCUT2D eigenvalue weighted by Gasteiger charge is 2.21. The minimum Gasteiger partial charge on any atom is -0.366 e. The monoisotopic (exact) mass is 449 g/mol. The highest BCUT2D eigenvalue weighted by atomic mass is 35.5. The van der Waals surface area contributed by atoms with Gasteiger partial charge in [0, 0.05) is 35.6 Å². The number of pyridine rings is 1. The van der Waals surface area contributed by atoms with E-state index in [1.165, 1.54) is 22.4 Å². The van der Waals surface area contributed by atoms with Gasteiger partial charge in [0.05, 0.1) is 17.3 Å². The smallest absolute Gasteiger partial charge is 0.0724 e. The van der Waals surface area contributed by atoms with Gasteiger partial charge in [-0.15, -0.1) is 0 Å². The number of anilines is 1. The lowest BCUT2D eigenvalue weighted by atomic mass is 10.0. The standard InChI is InChI=1S/C29H24ClN3/c30-26-13-11-23-12-15-27(32-28(23)19-26)14-10-21-6-8-22(9-7-21)20-33-18-16-25-4-1-3-24(29(25)33)5-2-17-31/h1,3-4,6-15,19H,2,5,16,18,20H2/b14-10+. The first-order valence-corrected chi connectivity index (χ1v) is 11.6. The molecule has 0 fully saturated rings. The molecule has 0 spiro atoms. The maximum absolute atomic E-state index is 9.00. The van der Waals surface area contributed by atoms with E-state index in [4.69, 9.17) is 16.9 Å². The second-order valence-electron chi connectivity index (χ2n) is 8.40. The number of rotatable bonds is 6. The van der Waals surface area contributed by atoms with E-state index in [2.05, 4.69) is 70.6 Å². The van der Waals surface area contributed by atoms with Crippen molar-refractivity contribution >= 4 is 40.3 Å². The number of fused-ring (bicyclic) bond motifs is 2. The van der Waals surface area contributed by atoms with Crippen LogP contribution < -0.4 is 4.90 Å². The summed E-state index contributed by atoms with van der Waals surface area (Å²) >= 11 is 6.10. The molecule has 2 heterocycles. The van der Waals surface area contributed by atoms with Crippen LogP contribution in [0, 0.1) is 11.3 Å². The van der Waals surface area contributed by atoms with Crippen molar-refractivity contribution in [2.75, 3.05) is 11.4 Å². The van der Waals surface area contributed by atoms with Gasteiger partial charge >= 0.3 is 0 Å². The maximum atomic E-state index is 9.00. The second-order valence-corrected chi connectivity index (χ2v) is 8.84. The first-order valence-electron chi connectivity index (χ1n) is 11.3. The van der Waals surface area contributed by atoms with Crippen molar-refractivity contribution in [3.05, 3.63) is 106 Å². The van der Waals surface area contributed by atoms with Crippen molar-refractivity contribution in [1.29, 1.82) is 5.26 Å². The van der Waals surface area contributed by atoms with Crippen LogP contribution in [0.4, 0.5) is 5.69 Å². The van der Waals surface area contributed by atoms with Crippen LogP contribution in [0.2, 0.25) is 5.02 Å². The normalized spacial score (nSPS) is 12.9. The molecule has 4 aromatic rings. The van der Waals surface area contributed by atoms with Crippen LogP contribution in [0.15, 0.2) is 72.8 Å². The molecule has 1 aromatic heterocycles. The number of nitrogens with zero attached hydrogens (tertiary/aromatic N) is 3. The van der Waals surface area contributed by atoms with Gasteiger partial charge in [-0.2, -0.15) is 5.26 Å². The summed E-state index contributed by atoms with van der Waals surface area (Å²) in [6, 6.07) is 27.3. The third kappa shape index (κ3) is 4.77. The van der Waals surface area contributed by atoms with Crippen LogP contribution in [-0.2, 0) is 19.4 Å². The summed E-state index contributed by atoms with van der Waals surface area (Å²) in [7, 11) is 0. The van der Waals surface area contributed by atoms with E-state index in [9.17, 15) is 0 Å². The summed E-state index contributed by atoms with van der Waals surface area (Å²) in [5.74, 6) is 0. The number of hydrogen-bond acceptors (Lipinski definition) is 3. The van der Waals surface area contributed by atoms with E-state index in [0.717, 1.165) is 48.1 Å². The Labute approximate surface area is 199 Å². The molecule has 33 heavy (non-hydrogen) atoms. The van der Waals surface area contributed by atoms with E-state index < -0.39 is 0 Å². The Morgan fingerprint density at radius 3 is 2.70 bits per heavy atom. The summed E-state index contributed by atoms with van der Waals surface area (Å²) in [6.07, 6.45) is 6.57. The number of benzene rings is 3. The fourth-order valence-corrected chi connectivity index (χ4v) is 4.67. The van der Waals surface area contributed by atoms with Gasteiger partial charge in [0.1, 0.15) is 0 Å². The van der Waals surface area contributed by atoms with Crippen LogP contribution in [-0.4, -0.2) is 11.5 Å². The minimum atomic E-state index is 0.560. The summed E-state index contributed by atoms with van der Waals surface area (Å²) in [6.45, 7) is 1.91. The molecule has 3 nitrogen and oxygen atoms in total. The summed E-state index contributed by atoms with van der Waals surface area (Å²) in [4.78, 5) is 7.15. The molecule has 0 unspecified atom stereocenters. The molecular weight excluding hydrogens is 426 g/mol. The first kappa shape index (κ1) is 21.2. The predicted octanol–water partition coefficient (Wildman–Crippen LogP) is 7.08. The molecule has 0 radical (unpaired) electrons. The number of aryl methyl sites for hydroxylation is 1. The third-order valence-electron chi connectivity index (χ3n) is 6.15. The Hall–Kier alpha value is -3.61. The van der Waals surface area contributed by atoms with Gasteiger partial charge in [0.2, 0.25) is 0 Å². The van der Waals surface area contributed by atoms with Crippen LogP contribution in [0.25, 0.3) is 23.1 Å². The van der Waals surface area contributed by atoms with Gasteiger partial charge in [-0.3, -0.25) is 0 Å². The fourth-order valence-electron chi connectivity index (χ4n) is 4.51. The van der Waals surface area contributed by atoms with Crippen molar-refractivity contribution in [1.82, 2.24) is 4.98 Å². The molecular formula is C29H24ClN3. The molecule has 0 N–H and O–H groups in total. The fraction of sp³-hybridized carbons (Fsp3) is 0.172. The molecule has 0 amide bonds. The number of aromatic nitrogens is 1. The van der Waals surface area contributed by atoms with Crippen LogP contribution in [0.1, 0.15) is 34.4 Å². The van der Waals surface area contributed by atoms with E-state index in [1.54, 1.807) is 0 Å². The topological polar surface area (TPSA) is 39.9 Å². The largest absolute Gasteiger partial charge is 0.366 e. The lowest BCUT2D eigenvalue weighted by Crippen LogP contribution is -2.20. The van der Waals surface area contributed by atoms with Crippen LogP contribution in [0.3, 0.4) is 0 Å². The molecule has 0 saturated carbocycles. The van der Waals surface area contributed by atoms with E-state index >= 15 is 0 Å². The van der Waals surface area contributed by atoms with Crippen LogP contribution in [0.5, 0.6) is 0 Å². The number of hydrogen-bond donors (Lipinski definition) is 0. The molecule has 0 bridgehead atoms. The quantitative estimate of drug-likeness (QED) is 0.316. The van der Waals surface area contributed by atoms with Gasteiger partial charge < -0.3 is 4.90 Å². The number of nitriles is 1. The molecule has 4 heteroatoms. The number of halogens is 1. The van der Waals surface area contributed by atoms with Crippen molar-refractivity contribution in [2.45, 2.75) is 25.8 Å². The van der Waals surface area contributed by atoms with Crippen molar-refractivity contribution in [3.8, 4) is 6.07 Å². The average Bonchev–Trinajstić information content (AvgIpc) is 3.25. The summed E-state index contributed by atoms with van der Waals surface area (Å²) in [5.41, 5.74) is 8.26. The predicted molar refractivity (Wildman–Crippen MR) is 137 cm³/mol. The molecule has 0 saturated heterocycles. The highest BCUT2D eigenvalue weighted by molar-refractivity contribution is 6.31. The second kappa shape index (κ2) is 9.48. The Bertz CT molecular complexity index is 1370. The highest BCUT2D eigenvalue weighted by Crippen LogP contribution is 2.33. The lowest BCUT2D eigenvalue weighted by molar-refractivity contribution is 0.829. The minimum absolute atomic E-state index is 0.560. The van der Waals surface area contributed by atoms with Crippen molar-refractivity contribution in [2.24, 2.45) is 0 Å². The van der Waals surface area contributed by atoms with Gasteiger partial charge in [-0.05, 0) is 59.4 Å². The van der Waals surface area contributed by atoms with Crippen LogP contribution >= 0.6 is 11.6 Å². The number of para-hydroxylation sites is 1. The molecule has 162 valence electrons. The lowest BCUT2D eigenvalue weighted by Gasteiger charge is -2.22. The van der Waals surface area contributed by atoms with E-state index in [0.29, 0.717) is 11.4 Å². The molecule has 0 atom stereocenters. The Morgan fingerprint density at radius 2 is 1.85 bits per heavy atom. The molecule has 5 rings (SSSR count).